The van der Waals surface area contributed by atoms with E-state index in [1.807, 2.05) is 6.92 Å². The average molecular weight is 184 g/mol. The van der Waals surface area contributed by atoms with Crippen LogP contribution in [-0.2, 0) is 4.79 Å². The molecule has 1 fully saturated rings. The third kappa shape index (κ3) is 3.77. The van der Waals surface area contributed by atoms with Crippen LogP contribution in [-0.4, -0.2) is 18.0 Å². The first kappa shape index (κ1) is 10.5. The predicted octanol–water partition coefficient (Wildman–Crippen LogP) is 1.03. The monoisotopic (exact) mass is 184 g/mol. The van der Waals surface area contributed by atoms with Crippen molar-refractivity contribution < 1.29 is 4.79 Å². The molecular weight excluding hydrogens is 164 g/mol. The van der Waals surface area contributed by atoms with Gasteiger partial charge in [-0.05, 0) is 32.1 Å². The molecule has 0 saturated heterocycles. The fourth-order valence-corrected chi connectivity index (χ4v) is 1.81. The van der Waals surface area contributed by atoms with Gasteiger partial charge in [0.1, 0.15) is 0 Å². The Morgan fingerprint density at radius 1 is 1.62 bits per heavy atom. The summed E-state index contributed by atoms with van der Waals surface area (Å²) >= 11 is 0. The SMILES string of the molecule is CCC(NC(C)CC(N)=O)C1CC1. The van der Waals surface area contributed by atoms with E-state index in [-0.39, 0.29) is 11.9 Å². The molecule has 0 spiro atoms. The molecule has 1 aliphatic carbocycles. The molecule has 3 N–H and O–H groups in total. The molecule has 0 heterocycles. The van der Waals surface area contributed by atoms with Crippen LogP contribution in [0.15, 0.2) is 0 Å². The molecule has 1 rings (SSSR count). The molecule has 0 radical (unpaired) electrons. The highest BCUT2D eigenvalue weighted by atomic mass is 16.1. The second-order valence-electron chi connectivity index (χ2n) is 4.09. The predicted molar refractivity (Wildman–Crippen MR) is 53.2 cm³/mol. The summed E-state index contributed by atoms with van der Waals surface area (Å²) in [5, 5.41) is 3.46. The minimum atomic E-state index is -0.217. The van der Waals surface area contributed by atoms with E-state index in [4.69, 9.17) is 5.73 Å². The fraction of sp³-hybridized carbons (Fsp3) is 0.900. The first-order chi connectivity index (χ1) is 6.13. The Labute approximate surface area is 80.1 Å². The van der Waals surface area contributed by atoms with Gasteiger partial charge in [-0.3, -0.25) is 4.79 Å². The van der Waals surface area contributed by atoms with E-state index in [9.17, 15) is 4.79 Å². The van der Waals surface area contributed by atoms with Crippen LogP contribution in [0, 0.1) is 5.92 Å². The van der Waals surface area contributed by atoms with Crippen LogP contribution in [0.25, 0.3) is 0 Å². The lowest BCUT2D eigenvalue weighted by molar-refractivity contribution is -0.118. The van der Waals surface area contributed by atoms with Crippen LogP contribution in [0.2, 0.25) is 0 Å². The molecule has 0 aromatic heterocycles. The summed E-state index contributed by atoms with van der Waals surface area (Å²) in [4.78, 5) is 10.6. The highest BCUT2D eigenvalue weighted by Crippen LogP contribution is 2.34. The summed E-state index contributed by atoms with van der Waals surface area (Å²) in [6.07, 6.45) is 4.28. The van der Waals surface area contributed by atoms with Crippen LogP contribution in [0.1, 0.15) is 39.5 Å². The highest BCUT2D eigenvalue weighted by molar-refractivity contribution is 5.74. The number of hydrogen-bond donors (Lipinski definition) is 2. The first-order valence-corrected chi connectivity index (χ1v) is 5.17. The van der Waals surface area contributed by atoms with E-state index in [1.54, 1.807) is 0 Å². The summed E-state index contributed by atoms with van der Waals surface area (Å²) in [6.45, 7) is 4.21. The van der Waals surface area contributed by atoms with E-state index in [0.717, 1.165) is 12.3 Å². The van der Waals surface area contributed by atoms with Crippen molar-refractivity contribution in [2.75, 3.05) is 0 Å². The quantitative estimate of drug-likeness (QED) is 0.647. The van der Waals surface area contributed by atoms with Crippen molar-refractivity contribution in [1.82, 2.24) is 5.32 Å². The van der Waals surface area contributed by atoms with E-state index < -0.39 is 0 Å². The molecule has 1 aliphatic rings. The third-order valence-electron chi connectivity index (χ3n) is 2.64. The maximum absolute atomic E-state index is 10.6. The zero-order valence-electron chi connectivity index (χ0n) is 8.55. The largest absolute Gasteiger partial charge is 0.370 e. The summed E-state index contributed by atoms with van der Waals surface area (Å²) in [5.41, 5.74) is 5.12. The average Bonchev–Trinajstić information content (AvgIpc) is 2.81. The second kappa shape index (κ2) is 4.61. The van der Waals surface area contributed by atoms with Gasteiger partial charge in [0.25, 0.3) is 0 Å². The molecule has 76 valence electrons. The smallest absolute Gasteiger partial charge is 0.218 e. The standard InChI is InChI=1S/C10H20N2O/c1-3-9(8-4-5-8)12-7(2)6-10(11)13/h7-9,12H,3-6H2,1-2H3,(H2,11,13). The number of primary amides is 1. The highest BCUT2D eigenvalue weighted by Gasteiger charge is 2.30. The third-order valence-corrected chi connectivity index (χ3v) is 2.64. The molecular formula is C10H20N2O. The van der Waals surface area contributed by atoms with Gasteiger partial charge in [-0.25, -0.2) is 0 Å². The molecule has 3 heteroatoms. The molecule has 1 amide bonds. The Balaban J connectivity index is 2.23. The maximum Gasteiger partial charge on any atom is 0.218 e. The van der Waals surface area contributed by atoms with Gasteiger partial charge in [0.05, 0.1) is 0 Å². The van der Waals surface area contributed by atoms with Crippen molar-refractivity contribution in [2.24, 2.45) is 11.7 Å². The van der Waals surface area contributed by atoms with Gasteiger partial charge in [-0.1, -0.05) is 6.92 Å². The maximum atomic E-state index is 10.6. The van der Waals surface area contributed by atoms with Gasteiger partial charge in [0, 0.05) is 18.5 Å². The van der Waals surface area contributed by atoms with Gasteiger partial charge in [0.15, 0.2) is 0 Å². The lowest BCUT2D eigenvalue weighted by Gasteiger charge is -2.20. The molecule has 3 nitrogen and oxygen atoms in total. The van der Waals surface area contributed by atoms with Gasteiger partial charge in [-0.2, -0.15) is 0 Å². The van der Waals surface area contributed by atoms with Crippen molar-refractivity contribution in [3.05, 3.63) is 0 Å². The van der Waals surface area contributed by atoms with Crippen LogP contribution in [0.4, 0.5) is 0 Å². The number of nitrogens with two attached hydrogens (primary N) is 1. The Morgan fingerprint density at radius 2 is 2.23 bits per heavy atom. The number of nitrogens with one attached hydrogen (secondary N) is 1. The van der Waals surface area contributed by atoms with Gasteiger partial charge in [0.2, 0.25) is 5.91 Å². The summed E-state index contributed by atoms with van der Waals surface area (Å²) in [7, 11) is 0. The van der Waals surface area contributed by atoms with Crippen molar-refractivity contribution in [1.29, 1.82) is 0 Å². The number of rotatable bonds is 6. The van der Waals surface area contributed by atoms with Gasteiger partial charge in [-0.15, -0.1) is 0 Å². The topological polar surface area (TPSA) is 55.1 Å². The first-order valence-electron chi connectivity index (χ1n) is 5.17. The van der Waals surface area contributed by atoms with Crippen molar-refractivity contribution in [2.45, 2.75) is 51.6 Å². The Morgan fingerprint density at radius 3 is 2.62 bits per heavy atom. The van der Waals surface area contributed by atoms with Crippen molar-refractivity contribution >= 4 is 5.91 Å². The van der Waals surface area contributed by atoms with Crippen LogP contribution >= 0.6 is 0 Å². The lowest BCUT2D eigenvalue weighted by atomic mass is 10.1. The van der Waals surface area contributed by atoms with Crippen molar-refractivity contribution in [3.63, 3.8) is 0 Å². The minimum Gasteiger partial charge on any atom is -0.370 e. The van der Waals surface area contributed by atoms with E-state index >= 15 is 0 Å². The Bertz CT molecular complexity index is 178. The summed E-state index contributed by atoms with van der Waals surface area (Å²) in [6, 6.07) is 0.817. The Hall–Kier alpha value is -0.570. The molecule has 0 aliphatic heterocycles. The molecule has 2 atom stereocenters. The second-order valence-corrected chi connectivity index (χ2v) is 4.09. The van der Waals surface area contributed by atoms with E-state index in [1.165, 1.54) is 12.8 Å². The summed E-state index contributed by atoms with van der Waals surface area (Å²) < 4.78 is 0. The molecule has 1 saturated carbocycles. The zero-order valence-corrected chi connectivity index (χ0v) is 8.55. The summed E-state index contributed by atoms with van der Waals surface area (Å²) in [5.74, 6) is 0.631. The Kier molecular flexibility index (Phi) is 3.72. The van der Waals surface area contributed by atoms with Gasteiger partial charge < -0.3 is 11.1 Å². The van der Waals surface area contributed by atoms with Crippen molar-refractivity contribution in [3.8, 4) is 0 Å². The van der Waals surface area contributed by atoms with Gasteiger partial charge >= 0.3 is 0 Å². The molecule has 0 bridgehead atoms. The normalized spacial score (nSPS) is 21.1. The lowest BCUT2D eigenvalue weighted by Crippen LogP contribution is -2.39. The molecule has 0 aromatic rings. The fourth-order valence-electron chi connectivity index (χ4n) is 1.81. The number of amides is 1. The van der Waals surface area contributed by atoms with E-state index in [0.29, 0.717) is 12.5 Å². The number of hydrogen-bond acceptors (Lipinski definition) is 2. The van der Waals surface area contributed by atoms with Crippen LogP contribution < -0.4 is 11.1 Å². The van der Waals surface area contributed by atoms with Crippen LogP contribution in [0.3, 0.4) is 0 Å². The molecule has 2 unspecified atom stereocenters. The molecule has 0 aromatic carbocycles. The zero-order chi connectivity index (χ0) is 9.84. The van der Waals surface area contributed by atoms with E-state index in [2.05, 4.69) is 12.2 Å². The van der Waals surface area contributed by atoms with Crippen LogP contribution in [0.5, 0.6) is 0 Å². The minimum absolute atomic E-state index is 0.217. The number of carbonyl (C=O) groups is 1. The molecule has 13 heavy (non-hydrogen) atoms. The number of carbonyl (C=O) groups excluding carboxylic acids is 1.